The number of nitrogens with zero attached hydrogens (tertiary/aromatic N) is 1. The molecule has 2 amide bonds. The van der Waals surface area contributed by atoms with Gasteiger partial charge in [0.25, 0.3) is 0 Å². The van der Waals surface area contributed by atoms with Crippen molar-refractivity contribution < 1.29 is 14.3 Å². The summed E-state index contributed by atoms with van der Waals surface area (Å²) in [4.78, 5) is 27.8. The van der Waals surface area contributed by atoms with Crippen LogP contribution < -0.4 is 15.4 Å². The number of carbonyl (C=O) groups excluding carboxylic acids is 2. The van der Waals surface area contributed by atoms with Gasteiger partial charge in [0.15, 0.2) is 0 Å². The van der Waals surface area contributed by atoms with Crippen LogP contribution in [-0.4, -0.2) is 37.4 Å². The van der Waals surface area contributed by atoms with Gasteiger partial charge in [-0.25, -0.2) is 0 Å². The largest absolute Gasteiger partial charge is 0.497 e. The van der Waals surface area contributed by atoms with Crippen molar-refractivity contribution in [1.82, 2.24) is 4.90 Å². The maximum atomic E-state index is 13.3. The summed E-state index contributed by atoms with van der Waals surface area (Å²) in [6.45, 7) is 3.98. The number of amides is 2. The van der Waals surface area contributed by atoms with E-state index in [1.165, 1.54) is 0 Å². The molecule has 2 N–H and O–H groups in total. The smallest absolute Gasteiger partial charge is 0.246 e. The third-order valence-corrected chi connectivity index (χ3v) is 5.20. The molecular formula is C26H29N3O3. The zero-order valence-electron chi connectivity index (χ0n) is 18.9. The van der Waals surface area contributed by atoms with Crippen molar-refractivity contribution in [3.63, 3.8) is 0 Å². The average molecular weight is 432 g/mol. The molecule has 3 rings (SSSR count). The molecule has 0 spiro atoms. The highest BCUT2D eigenvalue weighted by molar-refractivity contribution is 5.97. The number of nitrogens with one attached hydrogen (secondary N) is 2. The second-order valence-corrected chi connectivity index (χ2v) is 7.82. The lowest BCUT2D eigenvalue weighted by atomic mass is 10.0. The topological polar surface area (TPSA) is 70.7 Å². The van der Waals surface area contributed by atoms with Gasteiger partial charge in [-0.05, 0) is 55.8 Å². The van der Waals surface area contributed by atoms with E-state index in [2.05, 4.69) is 10.6 Å². The van der Waals surface area contributed by atoms with Crippen LogP contribution in [0, 0.1) is 13.8 Å². The number of carbonyl (C=O) groups is 2. The predicted octanol–water partition coefficient (Wildman–Crippen LogP) is 4.56. The molecule has 0 radical (unpaired) electrons. The van der Waals surface area contributed by atoms with Crippen molar-refractivity contribution in [3.05, 3.63) is 89.5 Å². The van der Waals surface area contributed by atoms with E-state index < -0.39 is 6.04 Å². The number of hydrogen-bond donors (Lipinski definition) is 2. The van der Waals surface area contributed by atoms with Crippen molar-refractivity contribution in [3.8, 4) is 5.75 Å². The molecule has 1 atom stereocenters. The van der Waals surface area contributed by atoms with E-state index in [0.717, 1.165) is 22.4 Å². The van der Waals surface area contributed by atoms with Gasteiger partial charge in [0.2, 0.25) is 11.8 Å². The zero-order valence-corrected chi connectivity index (χ0v) is 18.9. The Morgan fingerprint density at radius 2 is 1.69 bits per heavy atom. The van der Waals surface area contributed by atoms with E-state index in [-0.39, 0.29) is 18.4 Å². The Morgan fingerprint density at radius 3 is 2.41 bits per heavy atom. The van der Waals surface area contributed by atoms with E-state index in [4.69, 9.17) is 4.74 Å². The fourth-order valence-corrected chi connectivity index (χ4v) is 3.53. The lowest BCUT2D eigenvalue weighted by Crippen LogP contribution is -2.39. The van der Waals surface area contributed by atoms with E-state index in [1.54, 1.807) is 31.2 Å². The summed E-state index contributed by atoms with van der Waals surface area (Å²) in [6, 6.07) is 21.9. The Morgan fingerprint density at radius 1 is 0.938 bits per heavy atom. The first-order valence-electron chi connectivity index (χ1n) is 10.4. The lowest BCUT2D eigenvalue weighted by molar-refractivity contribution is -0.123. The summed E-state index contributed by atoms with van der Waals surface area (Å²) in [7, 11) is 3.35. The molecule has 6 nitrogen and oxygen atoms in total. The minimum atomic E-state index is -0.632. The first kappa shape index (κ1) is 23.0. The van der Waals surface area contributed by atoms with Gasteiger partial charge in [-0.2, -0.15) is 0 Å². The van der Waals surface area contributed by atoms with Gasteiger partial charge in [-0.1, -0.05) is 48.5 Å². The molecule has 0 aliphatic rings. The van der Waals surface area contributed by atoms with Gasteiger partial charge in [0, 0.05) is 17.4 Å². The summed E-state index contributed by atoms with van der Waals surface area (Å²) in [5.41, 5.74) is 4.26. The molecule has 6 heteroatoms. The second-order valence-electron chi connectivity index (χ2n) is 7.82. The molecule has 0 saturated heterocycles. The van der Waals surface area contributed by atoms with Crippen molar-refractivity contribution in [2.45, 2.75) is 19.9 Å². The van der Waals surface area contributed by atoms with Crippen LogP contribution in [0.2, 0.25) is 0 Å². The summed E-state index contributed by atoms with van der Waals surface area (Å²) in [6.07, 6.45) is 0. The van der Waals surface area contributed by atoms with Gasteiger partial charge in [-0.3, -0.25) is 14.5 Å². The molecule has 0 heterocycles. The third-order valence-electron chi connectivity index (χ3n) is 5.20. The minimum Gasteiger partial charge on any atom is -0.497 e. The van der Waals surface area contributed by atoms with Crippen molar-refractivity contribution in [2.75, 3.05) is 31.3 Å². The van der Waals surface area contributed by atoms with Gasteiger partial charge >= 0.3 is 0 Å². The Bertz CT molecular complexity index is 1080. The van der Waals surface area contributed by atoms with Gasteiger partial charge in [-0.15, -0.1) is 0 Å². The summed E-state index contributed by atoms with van der Waals surface area (Å²) < 4.78 is 5.20. The van der Waals surface area contributed by atoms with Crippen molar-refractivity contribution in [1.29, 1.82) is 0 Å². The molecule has 32 heavy (non-hydrogen) atoms. The molecule has 1 unspecified atom stereocenters. The maximum Gasteiger partial charge on any atom is 0.246 e. The fourth-order valence-electron chi connectivity index (χ4n) is 3.53. The number of methoxy groups -OCH3 is 1. The maximum absolute atomic E-state index is 13.3. The third kappa shape index (κ3) is 5.95. The van der Waals surface area contributed by atoms with E-state index in [9.17, 15) is 9.59 Å². The first-order valence-corrected chi connectivity index (χ1v) is 10.4. The van der Waals surface area contributed by atoms with Crippen LogP contribution in [0.5, 0.6) is 5.75 Å². The molecule has 3 aromatic rings. The van der Waals surface area contributed by atoms with Crippen LogP contribution in [0.15, 0.2) is 72.8 Å². The Kier molecular flexibility index (Phi) is 7.63. The molecular weight excluding hydrogens is 402 g/mol. The quantitative estimate of drug-likeness (QED) is 0.548. The molecule has 0 fully saturated rings. The van der Waals surface area contributed by atoms with Gasteiger partial charge in [0.05, 0.1) is 13.7 Å². The molecule has 3 aromatic carbocycles. The molecule has 0 saturated carbocycles. The average Bonchev–Trinajstić information content (AvgIpc) is 2.77. The predicted molar refractivity (Wildman–Crippen MR) is 128 cm³/mol. The van der Waals surface area contributed by atoms with E-state index in [1.807, 2.05) is 74.5 Å². The summed E-state index contributed by atoms with van der Waals surface area (Å²) in [5.74, 6) is 0.244. The summed E-state index contributed by atoms with van der Waals surface area (Å²) in [5, 5.41) is 5.91. The Hall–Kier alpha value is -3.64. The molecule has 0 aromatic heterocycles. The van der Waals surface area contributed by atoms with Crippen molar-refractivity contribution in [2.24, 2.45) is 0 Å². The first-order chi connectivity index (χ1) is 15.4. The Balaban J connectivity index is 1.78. The molecule has 0 aliphatic carbocycles. The van der Waals surface area contributed by atoms with Crippen LogP contribution in [0.3, 0.4) is 0 Å². The number of benzene rings is 3. The van der Waals surface area contributed by atoms with E-state index in [0.29, 0.717) is 11.4 Å². The van der Waals surface area contributed by atoms with Crippen LogP contribution in [0.1, 0.15) is 22.7 Å². The zero-order chi connectivity index (χ0) is 23.1. The number of rotatable bonds is 8. The summed E-state index contributed by atoms with van der Waals surface area (Å²) >= 11 is 0. The Labute approximate surface area is 189 Å². The van der Waals surface area contributed by atoms with Crippen LogP contribution in [0.25, 0.3) is 0 Å². The monoisotopic (exact) mass is 431 g/mol. The van der Waals surface area contributed by atoms with Crippen LogP contribution in [-0.2, 0) is 9.59 Å². The normalized spacial score (nSPS) is 11.7. The molecule has 0 aliphatic heterocycles. The minimum absolute atomic E-state index is 0.0387. The van der Waals surface area contributed by atoms with Crippen molar-refractivity contribution >= 4 is 23.2 Å². The molecule has 166 valence electrons. The molecule has 0 bridgehead atoms. The van der Waals surface area contributed by atoms with Crippen LogP contribution in [0.4, 0.5) is 11.4 Å². The van der Waals surface area contributed by atoms with Gasteiger partial charge in [0.1, 0.15) is 11.8 Å². The number of hydrogen-bond acceptors (Lipinski definition) is 4. The van der Waals surface area contributed by atoms with Gasteiger partial charge < -0.3 is 15.4 Å². The number of likely N-dealkylation sites (N-methyl/N-ethyl adjacent to an activating group) is 1. The number of ether oxygens (including phenoxy) is 1. The highest BCUT2D eigenvalue weighted by Gasteiger charge is 2.27. The van der Waals surface area contributed by atoms with E-state index >= 15 is 0 Å². The fraction of sp³-hybridized carbons (Fsp3) is 0.231. The van der Waals surface area contributed by atoms with Crippen LogP contribution >= 0.6 is 0 Å². The lowest BCUT2D eigenvalue weighted by Gasteiger charge is -2.27. The standard InChI is InChI=1S/C26H29N3O3/c1-18-13-14-19(2)23(15-18)28-26(31)25(20-9-6-5-7-10-20)29(3)17-24(30)27-21-11-8-12-22(16-21)32-4/h5-16,25H,17H2,1-4H3,(H,27,30)(H,28,31). The number of aryl methyl sites for hydroxylation is 2. The highest BCUT2D eigenvalue weighted by atomic mass is 16.5. The second kappa shape index (κ2) is 10.6. The number of anilines is 2. The highest BCUT2D eigenvalue weighted by Crippen LogP contribution is 2.24. The SMILES string of the molecule is COc1cccc(NC(=O)CN(C)C(C(=O)Nc2cc(C)ccc2C)c2ccccc2)c1.